The van der Waals surface area contributed by atoms with Crippen molar-refractivity contribution in [2.24, 2.45) is 0 Å². The standard InChI is InChI=1S/C14H18N2O2S3/c1-8(6-7-21(2)18)16-13(17)11-9-4-3-5-10(9)20-12(11)15-14(16)19/h8H,3-7H2,1-2H3,(H,15,19). The zero-order valence-electron chi connectivity index (χ0n) is 12.1. The molecule has 2 heterocycles. The third-order valence-corrected chi connectivity index (χ3v) is 6.37. The summed E-state index contributed by atoms with van der Waals surface area (Å²) in [5, 5.41) is 0.825. The van der Waals surface area contributed by atoms with Gasteiger partial charge in [-0.15, -0.1) is 11.3 Å². The van der Waals surface area contributed by atoms with Crippen LogP contribution in [0.1, 0.15) is 36.2 Å². The van der Waals surface area contributed by atoms with Crippen molar-refractivity contribution in [2.75, 3.05) is 12.0 Å². The third-order valence-electron chi connectivity index (χ3n) is 4.06. The highest BCUT2D eigenvalue weighted by Gasteiger charge is 2.22. The molecule has 0 saturated heterocycles. The Balaban J connectivity index is 2.13. The minimum atomic E-state index is -0.850. The summed E-state index contributed by atoms with van der Waals surface area (Å²) in [6.07, 6.45) is 5.57. The van der Waals surface area contributed by atoms with Gasteiger partial charge in [0, 0.05) is 33.7 Å². The molecule has 0 bridgehead atoms. The van der Waals surface area contributed by atoms with Crippen LogP contribution < -0.4 is 5.56 Å². The summed E-state index contributed by atoms with van der Waals surface area (Å²) >= 11 is 7.04. The van der Waals surface area contributed by atoms with E-state index in [1.165, 1.54) is 10.4 Å². The SMILES string of the molecule is CC(CCS(C)=O)n1c(=S)[nH]c2sc3c(c2c1=O)CCC3. The second-order valence-electron chi connectivity index (χ2n) is 5.58. The van der Waals surface area contributed by atoms with Crippen LogP contribution in [0.25, 0.3) is 10.2 Å². The van der Waals surface area contributed by atoms with Crippen LogP contribution in [-0.2, 0) is 23.6 Å². The highest BCUT2D eigenvalue weighted by Crippen LogP contribution is 2.34. The topological polar surface area (TPSA) is 54.9 Å². The maximum Gasteiger partial charge on any atom is 0.263 e. The van der Waals surface area contributed by atoms with E-state index in [1.807, 2.05) is 6.92 Å². The van der Waals surface area contributed by atoms with Crippen molar-refractivity contribution in [2.45, 2.75) is 38.6 Å². The fraction of sp³-hybridized carbons (Fsp3) is 0.571. The Morgan fingerprint density at radius 1 is 1.48 bits per heavy atom. The van der Waals surface area contributed by atoms with E-state index >= 15 is 0 Å². The number of rotatable bonds is 4. The summed E-state index contributed by atoms with van der Waals surface area (Å²) in [5.41, 5.74) is 1.23. The molecule has 2 aromatic rings. The van der Waals surface area contributed by atoms with Crippen molar-refractivity contribution in [3.8, 4) is 0 Å². The number of fused-ring (bicyclic) bond motifs is 3. The lowest BCUT2D eigenvalue weighted by atomic mass is 10.2. The maximum absolute atomic E-state index is 12.9. The monoisotopic (exact) mass is 342 g/mol. The highest BCUT2D eigenvalue weighted by molar-refractivity contribution is 7.84. The number of nitrogens with zero attached hydrogens (tertiary/aromatic N) is 1. The molecule has 1 aliphatic rings. The van der Waals surface area contributed by atoms with Gasteiger partial charge in [0.15, 0.2) is 4.77 Å². The minimum absolute atomic E-state index is 0.0162. The first-order valence-electron chi connectivity index (χ1n) is 7.08. The van der Waals surface area contributed by atoms with E-state index in [9.17, 15) is 9.00 Å². The van der Waals surface area contributed by atoms with E-state index in [1.54, 1.807) is 22.2 Å². The van der Waals surface area contributed by atoms with E-state index in [0.29, 0.717) is 16.9 Å². The number of aromatic nitrogens is 2. The number of aromatic amines is 1. The molecular formula is C14H18N2O2S3. The van der Waals surface area contributed by atoms with Crippen LogP contribution >= 0.6 is 23.6 Å². The molecule has 7 heteroatoms. The number of nitrogens with one attached hydrogen (secondary N) is 1. The second-order valence-corrected chi connectivity index (χ2v) is 8.63. The van der Waals surface area contributed by atoms with E-state index < -0.39 is 10.8 Å². The first-order chi connectivity index (χ1) is 9.99. The largest absolute Gasteiger partial charge is 0.323 e. The molecule has 0 aliphatic heterocycles. The van der Waals surface area contributed by atoms with Crippen molar-refractivity contribution in [1.29, 1.82) is 0 Å². The Morgan fingerprint density at radius 3 is 2.95 bits per heavy atom. The molecule has 0 aromatic carbocycles. The Labute approximate surface area is 134 Å². The normalized spacial score (nSPS) is 17.0. The van der Waals surface area contributed by atoms with Crippen LogP contribution in [0, 0.1) is 4.77 Å². The number of hydrogen-bond donors (Lipinski definition) is 1. The van der Waals surface area contributed by atoms with Gasteiger partial charge in [-0.2, -0.15) is 0 Å². The smallest absolute Gasteiger partial charge is 0.263 e. The number of aryl methyl sites for hydroxylation is 2. The molecule has 114 valence electrons. The predicted molar refractivity (Wildman–Crippen MR) is 91.6 cm³/mol. The van der Waals surface area contributed by atoms with Crippen molar-refractivity contribution >= 4 is 44.6 Å². The highest BCUT2D eigenvalue weighted by atomic mass is 32.2. The molecule has 0 fully saturated rings. The summed E-state index contributed by atoms with van der Waals surface area (Å²) in [6, 6.07) is -0.0356. The van der Waals surface area contributed by atoms with Crippen LogP contribution in [0.5, 0.6) is 0 Å². The first-order valence-corrected chi connectivity index (χ1v) is 10.0. The van der Waals surface area contributed by atoms with Crippen molar-refractivity contribution < 1.29 is 4.21 Å². The van der Waals surface area contributed by atoms with E-state index in [0.717, 1.165) is 29.5 Å². The summed E-state index contributed by atoms with van der Waals surface area (Å²) in [4.78, 5) is 18.3. The Morgan fingerprint density at radius 2 is 2.24 bits per heavy atom. The van der Waals surface area contributed by atoms with E-state index in [-0.39, 0.29) is 11.6 Å². The minimum Gasteiger partial charge on any atom is -0.323 e. The van der Waals surface area contributed by atoms with Crippen molar-refractivity contribution in [3.63, 3.8) is 0 Å². The average molecular weight is 343 g/mol. The number of thiophene rings is 1. The molecule has 2 unspecified atom stereocenters. The van der Waals surface area contributed by atoms with Crippen molar-refractivity contribution in [3.05, 3.63) is 25.6 Å². The molecule has 2 aromatic heterocycles. The lowest BCUT2D eigenvalue weighted by Crippen LogP contribution is -2.26. The van der Waals surface area contributed by atoms with Gasteiger partial charge in [-0.3, -0.25) is 13.6 Å². The number of hydrogen-bond acceptors (Lipinski definition) is 4. The fourth-order valence-electron chi connectivity index (χ4n) is 2.95. The molecule has 0 radical (unpaired) electrons. The summed E-state index contributed by atoms with van der Waals surface area (Å²) in [7, 11) is -0.850. The zero-order valence-corrected chi connectivity index (χ0v) is 14.6. The molecule has 4 nitrogen and oxygen atoms in total. The van der Waals surface area contributed by atoms with Gasteiger partial charge >= 0.3 is 0 Å². The van der Waals surface area contributed by atoms with Crippen LogP contribution in [0.15, 0.2) is 4.79 Å². The predicted octanol–water partition coefficient (Wildman–Crippen LogP) is 2.94. The van der Waals surface area contributed by atoms with Gasteiger partial charge in [0.2, 0.25) is 0 Å². The van der Waals surface area contributed by atoms with Crippen LogP contribution in [-0.4, -0.2) is 25.8 Å². The van der Waals surface area contributed by atoms with Gasteiger partial charge in [-0.1, -0.05) is 0 Å². The van der Waals surface area contributed by atoms with Gasteiger partial charge in [-0.05, 0) is 50.4 Å². The molecule has 1 aliphatic carbocycles. The lowest BCUT2D eigenvalue weighted by molar-refractivity contribution is 0.505. The summed E-state index contributed by atoms with van der Waals surface area (Å²) in [5.74, 6) is 0.585. The quantitative estimate of drug-likeness (QED) is 0.869. The summed E-state index contributed by atoms with van der Waals surface area (Å²) in [6.45, 7) is 1.97. The Kier molecular flexibility index (Phi) is 4.16. The van der Waals surface area contributed by atoms with Crippen LogP contribution in [0.2, 0.25) is 0 Å². The molecule has 3 rings (SSSR count). The lowest BCUT2D eigenvalue weighted by Gasteiger charge is -2.15. The van der Waals surface area contributed by atoms with Gasteiger partial charge in [0.1, 0.15) is 4.83 Å². The molecule has 1 N–H and O–H groups in total. The van der Waals surface area contributed by atoms with Crippen LogP contribution in [0.3, 0.4) is 0 Å². The summed E-state index contributed by atoms with van der Waals surface area (Å²) < 4.78 is 13.4. The Hall–Kier alpha value is -0.790. The molecule has 2 atom stereocenters. The zero-order chi connectivity index (χ0) is 15.1. The van der Waals surface area contributed by atoms with Crippen LogP contribution in [0.4, 0.5) is 0 Å². The van der Waals surface area contributed by atoms with Crippen molar-refractivity contribution in [1.82, 2.24) is 9.55 Å². The van der Waals surface area contributed by atoms with E-state index in [4.69, 9.17) is 12.2 Å². The van der Waals surface area contributed by atoms with Gasteiger partial charge in [0.05, 0.1) is 5.39 Å². The molecule has 0 spiro atoms. The molecular weight excluding hydrogens is 324 g/mol. The Bertz CT molecular complexity index is 831. The van der Waals surface area contributed by atoms with Gasteiger partial charge < -0.3 is 4.98 Å². The van der Waals surface area contributed by atoms with E-state index in [2.05, 4.69) is 4.98 Å². The number of H-pyrrole nitrogens is 1. The first kappa shape index (κ1) is 15.1. The maximum atomic E-state index is 12.9. The second kappa shape index (κ2) is 5.78. The average Bonchev–Trinajstić information content (AvgIpc) is 2.95. The molecule has 21 heavy (non-hydrogen) atoms. The fourth-order valence-corrected chi connectivity index (χ4v) is 5.34. The third kappa shape index (κ3) is 2.66. The van der Waals surface area contributed by atoms with Gasteiger partial charge in [0.25, 0.3) is 5.56 Å². The molecule has 0 saturated carbocycles. The molecule has 0 amide bonds. The van der Waals surface area contributed by atoms with Gasteiger partial charge in [-0.25, -0.2) is 0 Å².